The Labute approximate surface area is 61.4 Å². The zero-order valence-corrected chi connectivity index (χ0v) is 6.58. The molecule has 0 bridgehead atoms. The minimum atomic E-state index is -0.155. The summed E-state index contributed by atoms with van der Waals surface area (Å²) in [6.07, 6.45) is 1.62. The summed E-state index contributed by atoms with van der Waals surface area (Å²) in [7, 11) is 0. The van der Waals surface area contributed by atoms with Gasteiger partial charge in [0, 0.05) is 6.61 Å². The molecule has 1 N–H and O–H groups in total. The molecule has 0 radical (unpaired) electrons. The molecule has 0 saturated carbocycles. The summed E-state index contributed by atoms with van der Waals surface area (Å²) < 4.78 is 0. The molecule has 0 heterocycles. The maximum Gasteiger partial charge on any atom is 0.0895 e. The number of nitrogens with zero attached hydrogens (tertiary/aromatic N) is 1. The lowest BCUT2D eigenvalue weighted by Crippen LogP contribution is -2.11. The van der Waals surface area contributed by atoms with E-state index < -0.39 is 0 Å². The molecule has 3 heteroatoms. The monoisotopic (exact) mass is 145 g/mol. The van der Waals surface area contributed by atoms with Crippen molar-refractivity contribution in [3.63, 3.8) is 0 Å². The molecule has 3 nitrogen and oxygen atoms in total. The SMILES string of the molecule is CCC(CO)CC(C)N=O. The molecule has 0 saturated heterocycles. The van der Waals surface area contributed by atoms with Crippen molar-refractivity contribution >= 4 is 0 Å². The Balaban J connectivity index is 3.51. The molecule has 10 heavy (non-hydrogen) atoms. The van der Waals surface area contributed by atoms with Crippen LogP contribution >= 0.6 is 0 Å². The molecule has 0 aromatic heterocycles. The molecule has 0 aliphatic carbocycles. The van der Waals surface area contributed by atoms with Gasteiger partial charge in [-0.05, 0) is 19.3 Å². The Bertz CT molecular complexity index is 91.6. The predicted molar refractivity (Wildman–Crippen MR) is 40.7 cm³/mol. The van der Waals surface area contributed by atoms with Crippen LogP contribution in [0.25, 0.3) is 0 Å². The van der Waals surface area contributed by atoms with Gasteiger partial charge in [0.05, 0.1) is 6.04 Å². The average molecular weight is 145 g/mol. The van der Waals surface area contributed by atoms with E-state index in [2.05, 4.69) is 5.18 Å². The second-order valence-electron chi connectivity index (χ2n) is 2.65. The van der Waals surface area contributed by atoms with Gasteiger partial charge < -0.3 is 5.11 Å². The molecule has 0 aromatic carbocycles. The third-order valence-electron chi connectivity index (χ3n) is 1.69. The van der Waals surface area contributed by atoms with Crippen LogP contribution in [0.4, 0.5) is 0 Å². The summed E-state index contributed by atoms with van der Waals surface area (Å²) in [6.45, 7) is 3.93. The fraction of sp³-hybridized carbons (Fsp3) is 1.00. The fourth-order valence-electron chi connectivity index (χ4n) is 0.896. The Kier molecular flexibility index (Phi) is 5.12. The van der Waals surface area contributed by atoms with Gasteiger partial charge >= 0.3 is 0 Å². The maximum atomic E-state index is 9.94. The third kappa shape index (κ3) is 3.56. The highest BCUT2D eigenvalue weighted by atomic mass is 16.3. The van der Waals surface area contributed by atoms with E-state index in [-0.39, 0.29) is 18.6 Å². The smallest absolute Gasteiger partial charge is 0.0895 e. The molecular weight excluding hydrogens is 130 g/mol. The van der Waals surface area contributed by atoms with Crippen LogP contribution in [0.3, 0.4) is 0 Å². The first-order chi connectivity index (χ1) is 4.74. The number of hydrogen-bond acceptors (Lipinski definition) is 3. The number of aliphatic hydroxyl groups is 1. The third-order valence-corrected chi connectivity index (χ3v) is 1.69. The van der Waals surface area contributed by atoms with Gasteiger partial charge in [0.15, 0.2) is 0 Å². The van der Waals surface area contributed by atoms with E-state index in [4.69, 9.17) is 5.11 Å². The highest BCUT2D eigenvalue weighted by Gasteiger charge is 2.09. The Hall–Kier alpha value is -0.440. The van der Waals surface area contributed by atoms with Crippen LogP contribution in [-0.2, 0) is 0 Å². The lowest BCUT2D eigenvalue weighted by atomic mass is 10.00. The van der Waals surface area contributed by atoms with Gasteiger partial charge in [-0.15, -0.1) is 0 Å². The van der Waals surface area contributed by atoms with Gasteiger partial charge in [-0.1, -0.05) is 18.5 Å². The van der Waals surface area contributed by atoms with Gasteiger partial charge in [-0.25, -0.2) is 0 Å². The van der Waals surface area contributed by atoms with E-state index in [1.54, 1.807) is 6.92 Å². The minimum absolute atomic E-state index is 0.155. The summed E-state index contributed by atoms with van der Waals surface area (Å²) in [5.41, 5.74) is 0. The van der Waals surface area contributed by atoms with Crippen molar-refractivity contribution in [3.05, 3.63) is 4.91 Å². The molecule has 0 fully saturated rings. The molecule has 0 aliphatic heterocycles. The van der Waals surface area contributed by atoms with Crippen LogP contribution in [0, 0.1) is 10.8 Å². The molecule has 2 atom stereocenters. The quantitative estimate of drug-likeness (QED) is 0.597. The second-order valence-corrected chi connectivity index (χ2v) is 2.65. The molecule has 0 amide bonds. The van der Waals surface area contributed by atoms with Crippen molar-refractivity contribution in [1.82, 2.24) is 0 Å². The first-order valence-electron chi connectivity index (χ1n) is 3.67. The molecular formula is C7H15NO2. The van der Waals surface area contributed by atoms with Crippen LogP contribution < -0.4 is 0 Å². The summed E-state index contributed by atoms with van der Waals surface area (Å²) in [4.78, 5) is 9.94. The van der Waals surface area contributed by atoms with Gasteiger partial charge in [-0.2, -0.15) is 4.91 Å². The van der Waals surface area contributed by atoms with Crippen molar-refractivity contribution in [2.75, 3.05) is 6.61 Å². The van der Waals surface area contributed by atoms with E-state index in [0.29, 0.717) is 6.42 Å². The Morgan fingerprint density at radius 1 is 1.60 bits per heavy atom. The van der Waals surface area contributed by atoms with Crippen molar-refractivity contribution in [1.29, 1.82) is 0 Å². The minimum Gasteiger partial charge on any atom is -0.396 e. The molecule has 0 aromatic rings. The normalized spacial score (nSPS) is 16.3. The Morgan fingerprint density at radius 3 is 2.50 bits per heavy atom. The van der Waals surface area contributed by atoms with Gasteiger partial charge in [0.25, 0.3) is 0 Å². The van der Waals surface area contributed by atoms with Crippen LogP contribution in [-0.4, -0.2) is 17.8 Å². The van der Waals surface area contributed by atoms with Crippen LogP contribution in [0.1, 0.15) is 26.7 Å². The predicted octanol–water partition coefficient (Wildman–Crippen LogP) is 1.55. The van der Waals surface area contributed by atoms with E-state index >= 15 is 0 Å². The van der Waals surface area contributed by atoms with Crippen LogP contribution in [0.5, 0.6) is 0 Å². The van der Waals surface area contributed by atoms with E-state index in [1.165, 1.54) is 0 Å². The lowest BCUT2D eigenvalue weighted by Gasteiger charge is -2.11. The van der Waals surface area contributed by atoms with E-state index in [0.717, 1.165) is 6.42 Å². The average Bonchev–Trinajstić information content (AvgIpc) is 1.99. The highest BCUT2D eigenvalue weighted by Crippen LogP contribution is 2.11. The van der Waals surface area contributed by atoms with Crippen molar-refractivity contribution in [2.24, 2.45) is 11.1 Å². The maximum absolute atomic E-state index is 9.94. The number of aliphatic hydroxyl groups excluding tert-OH is 1. The fourth-order valence-corrected chi connectivity index (χ4v) is 0.896. The van der Waals surface area contributed by atoms with E-state index in [1.807, 2.05) is 6.92 Å². The molecule has 60 valence electrons. The van der Waals surface area contributed by atoms with Crippen molar-refractivity contribution in [2.45, 2.75) is 32.7 Å². The van der Waals surface area contributed by atoms with Gasteiger partial charge in [-0.3, -0.25) is 0 Å². The van der Waals surface area contributed by atoms with Crippen molar-refractivity contribution < 1.29 is 5.11 Å². The number of rotatable bonds is 5. The summed E-state index contributed by atoms with van der Waals surface area (Å²) >= 11 is 0. The largest absolute Gasteiger partial charge is 0.396 e. The number of hydrogen-bond donors (Lipinski definition) is 1. The van der Waals surface area contributed by atoms with E-state index in [9.17, 15) is 4.91 Å². The van der Waals surface area contributed by atoms with Crippen molar-refractivity contribution in [3.8, 4) is 0 Å². The van der Waals surface area contributed by atoms with Gasteiger partial charge in [0.2, 0.25) is 0 Å². The molecule has 2 unspecified atom stereocenters. The zero-order chi connectivity index (χ0) is 7.98. The number of nitroso groups, excluding NO2 is 1. The summed E-state index contributed by atoms with van der Waals surface area (Å²) in [6, 6.07) is -0.155. The molecule has 0 aliphatic rings. The molecule has 0 spiro atoms. The standard InChI is InChI=1S/C7H15NO2/c1-3-7(5-9)4-6(2)8-10/h6-7,9H,3-5H2,1-2H3. The van der Waals surface area contributed by atoms with Gasteiger partial charge in [0.1, 0.15) is 0 Å². The Morgan fingerprint density at radius 2 is 2.20 bits per heavy atom. The topological polar surface area (TPSA) is 49.7 Å². The van der Waals surface area contributed by atoms with Crippen LogP contribution in [0.2, 0.25) is 0 Å². The molecule has 0 rings (SSSR count). The summed E-state index contributed by atoms with van der Waals surface area (Å²) in [5, 5.41) is 11.6. The highest BCUT2D eigenvalue weighted by molar-refractivity contribution is 4.64. The van der Waals surface area contributed by atoms with Crippen LogP contribution in [0.15, 0.2) is 5.18 Å². The zero-order valence-electron chi connectivity index (χ0n) is 6.58. The lowest BCUT2D eigenvalue weighted by molar-refractivity contribution is 0.209. The first-order valence-corrected chi connectivity index (χ1v) is 3.67. The summed E-state index contributed by atoms with van der Waals surface area (Å²) in [5.74, 6) is 0.243. The second kappa shape index (κ2) is 5.35. The first kappa shape index (κ1) is 9.56.